The van der Waals surface area contributed by atoms with Crippen molar-refractivity contribution in [2.45, 2.75) is 26.2 Å². The fraction of sp³-hybridized carbons (Fsp3) is 0.333. The Morgan fingerprint density at radius 1 is 1.35 bits per heavy atom. The number of hydrogen-bond acceptors (Lipinski definition) is 2. The number of carboxylic acid groups (broad SMARTS) is 1. The van der Waals surface area contributed by atoms with Crippen LogP contribution in [0.2, 0.25) is 0 Å². The first-order valence-corrected chi connectivity index (χ1v) is 7.22. The van der Waals surface area contributed by atoms with Gasteiger partial charge in [-0.05, 0) is 27.4 Å². The molecular formula is C15H17BrN2O2. The molecular weight excluding hydrogens is 320 g/mol. The van der Waals surface area contributed by atoms with Gasteiger partial charge in [0.2, 0.25) is 0 Å². The minimum Gasteiger partial charge on any atom is -0.481 e. The van der Waals surface area contributed by atoms with Crippen molar-refractivity contribution in [1.82, 2.24) is 9.55 Å². The van der Waals surface area contributed by atoms with Gasteiger partial charge in [-0.2, -0.15) is 0 Å². The van der Waals surface area contributed by atoms with Gasteiger partial charge in [-0.3, -0.25) is 4.79 Å². The molecule has 0 radical (unpaired) electrons. The lowest BCUT2D eigenvalue weighted by atomic mass is 10.0. The Hall–Kier alpha value is -1.62. The lowest BCUT2D eigenvalue weighted by Gasteiger charge is -2.07. The molecule has 1 aromatic carbocycles. The summed E-state index contributed by atoms with van der Waals surface area (Å²) in [6.45, 7) is 4.30. The molecule has 0 spiro atoms. The smallest absolute Gasteiger partial charge is 0.309 e. The van der Waals surface area contributed by atoms with Crippen LogP contribution in [0.5, 0.6) is 0 Å². The van der Waals surface area contributed by atoms with Crippen LogP contribution in [-0.4, -0.2) is 20.6 Å². The monoisotopic (exact) mass is 336 g/mol. The van der Waals surface area contributed by atoms with E-state index in [4.69, 9.17) is 5.11 Å². The molecule has 0 aliphatic carbocycles. The zero-order chi connectivity index (χ0) is 14.9. The second kappa shape index (κ2) is 5.79. The molecule has 0 aliphatic heterocycles. The van der Waals surface area contributed by atoms with E-state index in [-0.39, 0.29) is 6.42 Å². The molecule has 4 nitrogen and oxygen atoms in total. The van der Waals surface area contributed by atoms with E-state index in [0.717, 1.165) is 11.4 Å². The van der Waals surface area contributed by atoms with Gasteiger partial charge in [0.15, 0.2) is 0 Å². The molecule has 0 saturated carbocycles. The van der Waals surface area contributed by atoms with Gasteiger partial charge < -0.3 is 9.67 Å². The van der Waals surface area contributed by atoms with Crippen molar-refractivity contribution in [3.63, 3.8) is 0 Å². The normalized spacial score (nSPS) is 11.1. The van der Waals surface area contributed by atoms with Crippen LogP contribution >= 0.6 is 15.9 Å². The summed E-state index contributed by atoms with van der Waals surface area (Å²) in [6.07, 6.45) is -0.0848. The summed E-state index contributed by atoms with van der Waals surface area (Å²) in [5, 5.41) is 8.89. The molecule has 0 aliphatic rings. The maximum atomic E-state index is 10.8. The number of benzene rings is 1. The third kappa shape index (κ3) is 2.93. The van der Waals surface area contributed by atoms with Gasteiger partial charge in [0.1, 0.15) is 10.4 Å². The number of aliphatic carboxylic acids is 1. The summed E-state index contributed by atoms with van der Waals surface area (Å²) in [5.41, 5.74) is 2.80. The Bertz CT molecular complexity index is 630. The SMILES string of the molecule is CC(C)c1ccc(-c2nc(CC(=O)O)c(Br)n2C)cc1. The number of halogens is 1. The van der Waals surface area contributed by atoms with E-state index in [0.29, 0.717) is 16.2 Å². The summed E-state index contributed by atoms with van der Waals surface area (Å²) in [7, 11) is 1.87. The predicted octanol–water partition coefficient (Wildman–Crippen LogP) is 3.60. The number of imidazole rings is 1. The predicted molar refractivity (Wildman–Crippen MR) is 81.8 cm³/mol. The maximum Gasteiger partial charge on any atom is 0.309 e. The Labute approximate surface area is 126 Å². The van der Waals surface area contributed by atoms with Crippen LogP contribution in [0.25, 0.3) is 11.4 Å². The summed E-state index contributed by atoms with van der Waals surface area (Å²) >= 11 is 3.40. The fourth-order valence-electron chi connectivity index (χ4n) is 2.07. The highest BCUT2D eigenvalue weighted by Crippen LogP contribution is 2.27. The average molecular weight is 337 g/mol. The van der Waals surface area contributed by atoms with E-state index in [9.17, 15) is 4.79 Å². The Morgan fingerprint density at radius 2 is 1.95 bits per heavy atom. The first-order valence-electron chi connectivity index (χ1n) is 6.43. The lowest BCUT2D eigenvalue weighted by molar-refractivity contribution is -0.136. The second-order valence-electron chi connectivity index (χ2n) is 5.08. The minimum atomic E-state index is -0.884. The Morgan fingerprint density at radius 3 is 2.45 bits per heavy atom. The van der Waals surface area contributed by atoms with Gasteiger partial charge >= 0.3 is 5.97 Å². The lowest BCUT2D eigenvalue weighted by Crippen LogP contribution is -2.01. The van der Waals surface area contributed by atoms with Crippen molar-refractivity contribution < 1.29 is 9.90 Å². The topological polar surface area (TPSA) is 55.1 Å². The van der Waals surface area contributed by atoms with Crippen LogP contribution in [0, 0.1) is 0 Å². The van der Waals surface area contributed by atoms with Gasteiger partial charge in [-0.15, -0.1) is 0 Å². The molecule has 0 atom stereocenters. The van der Waals surface area contributed by atoms with Crippen molar-refractivity contribution >= 4 is 21.9 Å². The Kier molecular flexibility index (Phi) is 4.28. The molecule has 20 heavy (non-hydrogen) atoms. The van der Waals surface area contributed by atoms with Crippen molar-refractivity contribution in [2.75, 3.05) is 0 Å². The summed E-state index contributed by atoms with van der Waals surface area (Å²) in [4.78, 5) is 15.3. The van der Waals surface area contributed by atoms with Gasteiger partial charge in [-0.25, -0.2) is 4.98 Å². The third-order valence-corrected chi connectivity index (χ3v) is 4.24. The first kappa shape index (κ1) is 14.8. The molecule has 1 heterocycles. The molecule has 1 N–H and O–H groups in total. The summed E-state index contributed by atoms with van der Waals surface area (Å²) < 4.78 is 2.57. The molecule has 5 heteroatoms. The molecule has 2 rings (SSSR count). The number of hydrogen-bond donors (Lipinski definition) is 1. The van der Waals surface area contributed by atoms with Crippen LogP contribution in [0.15, 0.2) is 28.9 Å². The van der Waals surface area contributed by atoms with Crippen LogP contribution in [-0.2, 0) is 18.3 Å². The largest absolute Gasteiger partial charge is 0.481 e. The van der Waals surface area contributed by atoms with Gasteiger partial charge in [0.05, 0.1) is 12.1 Å². The Balaban J connectivity index is 2.39. The van der Waals surface area contributed by atoms with E-state index in [1.54, 1.807) is 0 Å². The molecule has 0 unspecified atom stereocenters. The molecule has 1 aromatic heterocycles. The van der Waals surface area contributed by atoms with E-state index < -0.39 is 5.97 Å². The van der Waals surface area contributed by atoms with Crippen molar-refractivity contribution in [3.05, 3.63) is 40.1 Å². The number of rotatable bonds is 4. The van der Waals surface area contributed by atoms with Gasteiger partial charge in [0, 0.05) is 12.6 Å². The molecule has 106 valence electrons. The number of nitrogens with zero attached hydrogens (tertiary/aromatic N) is 2. The fourth-order valence-corrected chi connectivity index (χ4v) is 2.46. The first-order chi connectivity index (χ1) is 9.40. The van der Waals surface area contributed by atoms with Gasteiger partial charge in [-0.1, -0.05) is 38.1 Å². The highest BCUT2D eigenvalue weighted by atomic mass is 79.9. The molecule has 0 bridgehead atoms. The summed E-state index contributed by atoms with van der Waals surface area (Å²) in [5.74, 6) is 0.369. The van der Waals surface area contributed by atoms with Crippen molar-refractivity contribution in [1.29, 1.82) is 0 Å². The van der Waals surface area contributed by atoms with Crippen LogP contribution < -0.4 is 0 Å². The van der Waals surface area contributed by atoms with Gasteiger partial charge in [0.25, 0.3) is 0 Å². The quantitative estimate of drug-likeness (QED) is 0.927. The van der Waals surface area contributed by atoms with Crippen molar-refractivity contribution in [3.8, 4) is 11.4 Å². The van der Waals surface area contributed by atoms with E-state index in [2.05, 4.69) is 46.9 Å². The third-order valence-electron chi connectivity index (χ3n) is 3.25. The van der Waals surface area contributed by atoms with Crippen molar-refractivity contribution in [2.24, 2.45) is 7.05 Å². The van der Waals surface area contributed by atoms with E-state index >= 15 is 0 Å². The highest BCUT2D eigenvalue weighted by Gasteiger charge is 2.16. The van der Waals surface area contributed by atoms with E-state index in [1.807, 2.05) is 23.7 Å². The second-order valence-corrected chi connectivity index (χ2v) is 5.83. The standard InChI is InChI=1S/C15H17BrN2O2/c1-9(2)10-4-6-11(7-5-10)15-17-12(8-13(19)20)14(16)18(15)3/h4-7,9H,8H2,1-3H3,(H,19,20). The van der Waals surface area contributed by atoms with Crippen LogP contribution in [0.4, 0.5) is 0 Å². The average Bonchev–Trinajstić information content (AvgIpc) is 2.67. The molecule has 0 fully saturated rings. The minimum absolute atomic E-state index is 0.0848. The molecule has 0 amide bonds. The number of carbonyl (C=O) groups is 1. The zero-order valence-electron chi connectivity index (χ0n) is 11.7. The molecule has 2 aromatic rings. The van der Waals surface area contributed by atoms with E-state index in [1.165, 1.54) is 5.56 Å². The van der Waals surface area contributed by atoms with Crippen LogP contribution in [0.1, 0.15) is 31.0 Å². The maximum absolute atomic E-state index is 10.8. The number of aromatic nitrogens is 2. The number of carboxylic acids is 1. The zero-order valence-corrected chi connectivity index (χ0v) is 13.3. The molecule has 0 saturated heterocycles. The summed E-state index contributed by atoms with van der Waals surface area (Å²) in [6, 6.07) is 8.21. The van der Waals surface area contributed by atoms with Crippen LogP contribution in [0.3, 0.4) is 0 Å². The highest BCUT2D eigenvalue weighted by molar-refractivity contribution is 9.10.